The summed E-state index contributed by atoms with van der Waals surface area (Å²) in [6.45, 7) is 1.47. The minimum atomic E-state index is -1.30. The van der Waals surface area contributed by atoms with Crippen LogP contribution >= 0.6 is 0 Å². The fraction of sp³-hybridized carbons (Fsp3) is 0.326. The minimum Gasteiger partial charge on any atom is -0.497 e. The first-order valence-corrected chi connectivity index (χ1v) is 19.7. The van der Waals surface area contributed by atoms with Gasteiger partial charge >= 0.3 is 5.97 Å². The van der Waals surface area contributed by atoms with E-state index in [1.807, 2.05) is 72.8 Å². The lowest BCUT2D eigenvalue weighted by Crippen LogP contribution is -2.47. The fourth-order valence-electron chi connectivity index (χ4n) is 7.94. The summed E-state index contributed by atoms with van der Waals surface area (Å²) in [4.78, 5) is 69.8. The third-order valence-electron chi connectivity index (χ3n) is 11.0. The van der Waals surface area contributed by atoms with Crippen molar-refractivity contribution in [1.29, 1.82) is 0 Å². The molecule has 2 aliphatic rings. The van der Waals surface area contributed by atoms with E-state index in [4.69, 9.17) is 9.47 Å². The summed E-state index contributed by atoms with van der Waals surface area (Å²) >= 11 is 0. The van der Waals surface area contributed by atoms with Gasteiger partial charge in [0.05, 0.1) is 12.5 Å². The maximum Gasteiger partial charge on any atom is 0.352 e. The molecule has 0 bridgehead atoms. The molecule has 2 unspecified atom stereocenters. The van der Waals surface area contributed by atoms with E-state index in [2.05, 4.69) is 10.6 Å². The number of carboxylic acids is 1. The number of para-hydroxylation sites is 1. The Bertz CT molecular complexity index is 2080. The number of nitrogens with zero attached hydrogens (tertiary/aromatic N) is 2. The fourth-order valence-corrected chi connectivity index (χ4v) is 7.94. The highest BCUT2D eigenvalue weighted by atomic mass is 16.5. The van der Waals surface area contributed by atoms with E-state index in [0.717, 1.165) is 24.0 Å². The first-order chi connectivity index (χ1) is 28.1. The summed E-state index contributed by atoms with van der Waals surface area (Å²) in [5.74, 6) is -1.25. The first kappa shape index (κ1) is 41.2. The number of rotatable bonds is 17. The SMILES string of the molecule is COc1ccc(CC2C(=O)N(c3ccc(/C=C(\NC(=O)C4(CCNC(C)=O)CCCC4)C(=O)O)cc3)C(CCc3ccccc3)N2C(=O)COc2ccccc2)cc1. The monoisotopic (exact) mass is 786 g/mol. The Balaban J connectivity index is 1.30. The Morgan fingerprint density at radius 2 is 1.50 bits per heavy atom. The quantitative estimate of drug-likeness (QED) is 0.108. The third kappa shape index (κ3) is 10.1. The molecule has 1 aliphatic heterocycles. The van der Waals surface area contributed by atoms with Crippen LogP contribution in [0.15, 0.2) is 115 Å². The Hall–Kier alpha value is -6.43. The van der Waals surface area contributed by atoms with Gasteiger partial charge in [-0.25, -0.2) is 4.79 Å². The lowest BCUT2D eigenvalue weighted by molar-refractivity contribution is -0.138. The van der Waals surface area contributed by atoms with Crippen LogP contribution in [0.5, 0.6) is 11.5 Å². The van der Waals surface area contributed by atoms with Crippen LogP contribution < -0.4 is 25.0 Å². The number of amides is 4. The molecule has 58 heavy (non-hydrogen) atoms. The minimum absolute atomic E-state index is 0.189. The summed E-state index contributed by atoms with van der Waals surface area (Å²) in [6.07, 6.45) is 5.30. The molecule has 3 N–H and O–H groups in total. The second-order valence-corrected chi connectivity index (χ2v) is 14.8. The molecule has 0 radical (unpaired) electrons. The maximum absolute atomic E-state index is 14.7. The molecule has 1 heterocycles. The van der Waals surface area contributed by atoms with Crippen LogP contribution in [0.4, 0.5) is 5.69 Å². The Morgan fingerprint density at radius 3 is 2.12 bits per heavy atom. The van der Waals surface area contributed by atoms with Crippen molar-refractivity contribution in [3.63, 3.8) is 0 Å². The Kier molecular flexibility index (Phi) is 13.6. The number of hydrogen-bond acceptors (Lipinski definition) is 7. The molecule has 302 valence electrons. The standard InChI is InChI=1S/C46H50N4O8/c1-32(51)47-28-27-46(25-9-10-26-46)45(56)48-39(44(54)55)29-34-15-20-36(21-16-34)49-41(24-19-33-11-5-3-6-12-33)50(42(52)31-58-38-13-7-4-8-14-38)40(43(49)53)30-35-17-22-37(57-2)23-18-35/h3-8,11-18,20-23,29,40-41H,9-10,19,24-28,30-31H2,1-2H3,(H,47,51)(H,48,56)(H,54,55)/b39-29-. The molecule has 1 aliphatic carbocycles. The molecule has 4 aromatic carbocycles. The van der Waals surface area contributed by atoms with E-state index < -0.39 is 23.6 Å². The van der Waals surface area contributed by atoms with E-state index >= 15 is 0 Å². The van der Waals surface area contributed by atoms with Gasteiger partial charge in [-0.2, -0.15) is 0 Å². The molecule has 12 heteroatoms. The normalized spacial score (nSPS) is 17.5. The zero-order valence-corrected chi connectivity index (χ0v) is 32.9. The predicted octanol–water partition coefficient (Wildman–Crippen LogP) is 6.15. The number of carbonyl (C=O) groups excluding carboxylic acids is 4. The van der Waals surface area contributed by atoms with E-state index in [1.54, 1.807) is 53.3 Å². The zero-order valence-electron chi connectivity index (χ0n) is 32.9. The number of carboxylic acid groups (broad SMARTS) is 1. The van der Waals surface area contributed by atoms with Crippen molar-refractivity contribution in [2.75, 3.05) is 25.2 Å². The van der Waals surface area contributed by atoms with Gasteiger partial charge in [-0.15, -0.1) is 0 Å². The van der Waals surface area contributed by atoms with Crippen molar-refractivity contribution in [2.24, 2.45) is 5.41 Å². The van der Waals surface area contributed by atoms with Gasteiger partial charge in [0.2, 0.25) is 11.8 Å². The molecule has 2 atom stereocenters. The molecule has 1 saturated heterocycles. The number of ether oxygens (including phenoxy) is 2. The van der Waals surface area contributed by atoms with Crippen molar-refractivity contribution in [2.45, 2.75) is 70.5 Å². The number of anilines is 1. The van der Waals surface area contributed by atoms with Gasteiger partial charge in [0.1, 0.15) is 29.4 Å². The van der Waals surface area contributed by atoms with E-state index in [9.17, 15) is 29.1 Å². The van der Waals surface area contributed by atoms with Crippen LogP contribution in [0.2, 0.25) is 0 Å². The molecule has 0 aromatic heterocycles. The largest absolute Gasteiger partial charge is 0.497 e. The van der Waals surface area contributed by atoms with Crippen molar-refractivity contribution in [3.05, 3.63) is 132 Å². The second-order valence-electron chi connectivity index (χ2n) is 14.8. The topological polar surface area (TPSA) is 155 Å². The van der Waals surface area contributed by atoms with Gasteiger partial charge in [0.25, 0.3) is 11.8 Å². The van der Waals surface area contributed by atoms with Crippen LogP contribution in [0.1, 0.15) is 62.1 Å². The third-order valence-corrected chi connectivity index (χ3v) is 11.0. The Labute approximate surface area is 338 Å². The average Bonchev–Trinajstić information content (AvgIpc) is 3.82. The van der Waals surface area contributed by atoms with Crippen LogP contribution in [0.25, 0.3) is 6.08 Å². The molecule has 0 spiro atoms. The molecular formula is C46H50N4O8. The predicted molar refractivity (Wildman–Crippen MR) is 220 cm³/mol. The van der Waals surface area contributed by atoms with Gasteiger partial charge in [-0.3, -0.25) is 24.1 Å². The summed E-state index contributed by atoms with van der Waals surface area (Å²) in [5, 5.41) is 15.5. The molecule has 4 amide bonds. The lowest BCUT2D eigenvalue weighted by Gasteiger charge is -2.32. The summed E-state index contributed by atoms with van der Waals surface area (Å²) in [7, 11) is 1.58. The van der Waals surface area contributed by atoms with E-state index in [1.165, 1.54) is 13.0 Å². The summed E-state index contributed by atoms with van der Waals surface area (Å²) < 4.78 is 11.3. The molecule has 1 saturated carbocycles. The number of aryl methyl sites for hydroxylation is 1. The lowest BCUT2D eigenvalue weighted by atomic mass is 9.81. The van der Waals surface area contributed by atoms with Crippen LogP contribution in [0, 0.1) is 5.41 Å². The highest BCUT2D eigenvalue weighted by Gasteiger charge is 2.49. The average molecular weight is 787 g/mol. The molecule has 2 fully saturated rings. The van der Waals surface area contributed by atoms with Gasteiger partial charge in [0, 0.05) is 25.6 Å². The van der Waals surface area contributed by atoms with E-state index in [0.29, 0.717) is 61.4 Å². The van der Waals surface area contributed by atoms with E-state index in [-0.39, 0.29) is 42.4 Å². The smallest absolute Gasteiger partial charge is 0.352 e. The number of nitrogens with one attached hydrogen (secondary N) is 2. The molecule has 4 aromatic rings. The van der Waals surface area contributed by atoms with Crippen molar-refractivity contribution >= 4 is 41.4 Å². The Morgan fingerprint density at radius 1 is 0.845 bits per heavy atom. The van der Waals surface area contributed by atoms with Crippen LogP contribution in [0.3, 0.4) is 0 Å². The molecule has 12 nitrogen and oxygen atoms in total. The van der Waals surface area contributed by atoms with Gasteiger partial charge < -0.3 is 30.1 Å². The number of hydrogen-bond donors (Lipinski definition) is 3. The number of carbonyl (C=O) groups is 5. The highest BCUT2D eigenvalue weighted by molar-refractivity contribution is 6.04. The van der Waals surface area contributed by atoms with Crippen molar-refractivity contribution in [3.8, 4) is 11.5 Å². The van der Waals surface area contributed by atoms with Crippen molar-refractivity contribution in [1.82, 2.24) is 15.5 Å². The number of methoxy groups -OCH3 is 1. The van der Waals surface area contributed by atoms with Crippen LogP contribution in [-0.4, -0.2) is 72.1 Å². The number of benzene rings is 4. The summed E-state index contributed by atoms with van der Waals surface area (Å²) in [6, 6.07) is 32.3. The van der Waals surface area contributed by atoms with Gasteiger partial charge in [0.15, 0.2) is 6.61 Å². The second kappa shape index (κ2) is 19.1. The maximum atomic E-state index is 14.7. The zero-order chi connectivity index (χ0) is 41.1. The first-order valence-electron chi connectivity index (χ1n) is 19.7. The number of aliphatic carboxylic acids is 1. The highest BCUT2D eigenvalue weighted by Crippen LogP contribution is 2.41. The van der Waals surface area contributed by atoms with Crippen molar-refractivity contribution < 1.29 is 38.6 Å². The van der Waals surface area contributed by atoms with Gasteiger partial charge in [-0.1, -0.05) is 85.6 Å². The molecular weight excluding hydrogens is 737 g/mol. The van der Waals surface area contributed by atoms with Gasteiger partial charge in [-0.05, 0) is 91.3 Å². The summed E-state index contributed by atoms with van der Waals surface area (Å²) in [5.41, 5.74) is 1.87. The van der Waals surface area contributed by atoms with Crippen LogP contribution in [-0.2, 0) is 36.8 Å². The molecule has 6 rings (SSSR count).